The smallest absolute Gasteiger partial charge is 0.272 e. The van der Waals surface area contributed by atoms with Gasteiger partial charge in [0.25, 0.3) is 5.56 Å². The predicted octanol–water partition coefficient (Wildman–Crippen LogP) is 2.02. The van der Waals surface area contributed by atoms with Crippen molar-refractivity contribution < 1.29 is 9.15 Å². The Morgan fingerprint density at radius 2 is 2.19 bits per heavy atom. The molecular formula is C17H19N5O3S. The Kier molecular flexibility index (Phi) is 4.35. The molecule has 0 radical (unpaired) electrons. The normalized spacial score (nSPS) is 13.0. The molecule has 1 N–H and O–H groups in total. The maximum Gasteiger partial charge on any atom is 0.272 e. The molecule has 0 aliphatic heterocycles. The van der Waals surface area contributed by atoms with Crippen LogP contribution in [0.25, 0.3) is 16.0 Å². The summed E-state index contributed by atoms with van der Waals surface area (Å²) >= 11 is 1.42. The molecule has 1 unspecified atom stereocenters. The Bertz CT molecular complexity index is 1120. The largest absolute Gasteiger partial charge is 0.465 e. The van der Waals surface area contributed by atoms with Gasteiger partial charge in [0, 0.05) is 14.2 Å². The number of hydrogen-bond acceptors (Lipinski definition) is 7. The van der Waals surface area contributed by atoms with Gasteiger partial charge in [0.15, 0.2) is 5.82 Å². The fourth-order valence-electron chi connectivity index (χ4n) is 3.03. The highest BCUT2D eigenvalue weighted by Crippen LogP contribution is 2.20. The molecular weight excluding hydrogens is 354 g/mol. The van der Waals surface area contributed by atoms with Crippen molar-refractivity contribution in [3.8, 4) is 0 Å². The molecule has 8 nitrogen and oxygen atoms in total. The standard InChI is InChI=1S/C17H19N5O3S/c1-10-4-5-13(25-10)11(9-24-3)18-8-14-19-20-17-21(2)16(23)15-12(22(14)17)6-7-26-15/h4-7,11,18H,8-9H2,1-3H3. The van der Waals surface area contributed by atoms with Gasteiger partial charge in [-0.15, -0.1) is 21.5 Å². The fraction of sp³-hybridized carbons (Fsp3) is 0.353. The monoisotopic (exact) mass is 373 g/mol. The van der Waals surface area contributed by atoms with Crippen molar-refractivity contribution in [3.05, 3.63) is 51.3 Å². The number of ether oxygens (including phenoxy) is 1. The molecule has 0 spiro atoms. The third-order valence-corrected chi connectivity index (χ3v) is 5.23. The quantitative estimate of drug-likeness (QED) is 0.556. The van der Waals surface area contributed by atoms with Crippen LogP contribution in [0.3, 0.4) is 0 Å². The average Bonchev–Trinajstić information content (AvgIpc) is 3.35. The summed E-state index contributed by atoms with van der Waals surface area (Å²) < 4.78 is 15.2. The SMILES string of the molecule is COCC(NCc1nnc2n(C)c(=O)c3sccc3n12)c1ccc(C)o1. The van der Waals surface area contributed by atoms with Crippen LogP contribution in [0.5, 0.6) is 0 Å². The third-order valence-electron chi connectivity index (χ3n) is 4.34. The lowest BCUT2D eigenvalue weighted by Crippen LogP contribution is -2.26. The summed E-state index contributed by atoms with van der Waals surface area (Å²) in [6, 6.07) is 5.68. The Labute approximate surface area is 153 Å². The summed E-state index contributed by atoms with van der Waals surface area (Å²) in [5.41, 5.74) is 0.768. The summed E-state index contributed by atoms with van der Waals surface area (Å²) in [5.74, 6) is 2.91. The number of methoxy groups -OCH3 is 1. The zero-order valence-electron chi connectivity index (χ0n) is 14.7. The van der Waals surface area contributed by atoms with Gasteiger partial charge in [-0.05, 0) is 30.5 Å². The number of rotatable bonds is 6. The van der Waals surface area contributed by atoms with Crippen LogP contribution in [-0.2, 0) is 18.3 Å². The molecule has 9 heteroatoms. The van der Waals surface area contributed by atoms with Crippen LogP contribution in [0.2, 0.25) is 0 Å². The van der Waals surface area contributed by atoms with E-state index in [1.54, 1.807) is 14.2 Å². The molecule has 26 heavy (non-hydrogen) atoms. The van der Waals surface area contributed by atoms with E-state index in [2.05, 4.69) is 15.5 Å². The molecule has 136 valence electrons. The number of aryl methyl sites for hydroxylation is 2. The second kappa shape index (κ2) is 6.67. The molecule has 0 aliphatic rings. The first-order chi connectivity index (χ1) is 12.6. The fourth-order valence-corrected chi connectivity index (χ4v) is 3.88. The average molecular weight is 373 g/mol. The number of nitrogens with zero attached hydrogens (tertiary/aromatic N) is 4. The van der Waals surface area contributed by atoms with Crippen LogP contribution >= 0.6 is 11.3 Å². The van der Waals surface area contributed by atoms with Gasteiger partial charge in [-0.1, -0.05) is 0 Å². The highest BCUT2D eigenvalue weighted by molar-refractivity contribution is 7.17. The van der Waals surface area contributed by atoms with Crippen LogP contribution in [-0.4, -0.2) is 32.9 Å². The molecule has 0 amide bonds. The summed E-state index contributed by atoms with van der Waals surface area (Å²) in [4.78, 5) is 12.4. The first kappa shape index (κ1) is 17.0. The van der Waals surface area contributed by atoms with E-state index in [-0.39, 0.29) is 11.6 Å². The van der Waals surface area contributed by atoms with Crippen molar-refractivity contribution in [2.24, 2.45) is 7.05 Å². The number of aromatic nitrogens is 4. The van der Waals surface area contributed by atoms with E-state index in [0.29, 0.717) is 23.6 Å². The van der Waals surface area contributed by atoms with Crippen molar-refractivity contribution >= 4 is 27.3 Å². The van der Waals surface area contributed by atoms with E-state index in [9.17, 15) is 4.79 Å². The topological polar surface area (TPSA) is 86.6 Å². The summed E-state index contributed by atoms with van der Waals surface area (Å²) in [6.45, 7) is 2.83. The first-order valence-corrected chi connectivity index (χ1v) is 9.07. The van der Waals surface area contributed by atoms with Gasteiger partial charge in [0.2, 0.25) is 5.78 Å². The molecule has 0 saturated carbocycles. The summed E-state index contributed by atoms with van der Waals surface area (Å²) in [5, 5.41) is 13.8. The van der Waals surface area contributed by atoms with Gasteiger partial charge in [0.1, 0.15) is 16.2 Å². The third kappa shape index (κ3) is 2.74. The number of nitrogens with one attached hydrogen (secondary N) is 1. The second-order valence-corrected chi connectivity index (χ2v) is 7.00. The minimum atomic E-state index is -0.105. The van der Waals surface area contributed by atoms with Crippen molar-refractivity contribution in [2.75, 3.05) is 13.7 Å². The molecule has 0 aliphatic carbocycles. The minimum Gasteiger partial charge on any atom is -0.465 e. The lowest BCUT2D eigenvalue weighted by atomic mass is 10.2. The van der Waals surface area contributed by atoms with Gasteiger partial charge in [-0.25, -0.2) is 0 Å². The Morgan fingerprint density at radius 3 is 2.92 bits per heavy atom. The van der Waals surface area contributed by atoms with Crippen LogP contribution in [0.4, 0.5) is 0 Å². The van der Waals surface area contributed by atoms with Crippen LogP contribution < -0.4 is 10.9 Å². The summed E-state index contributed by atoms with van der Waals surface area (Å²) in [6.07, 6.45) is 0. The maximum atomic E-state index is 12.4. The number of thiophene rings is 1. The molecule has 1 atom stereocenters. The van der Waals surface area contributed by atoms with Crippen LogP contribution in [0.15, 0.2) is 32.8 Å². The maximum absolute atomic E-state index is 12.4. The lowest BCUT2D eigenvalue weighted by molar-refractivity contribution is 0.155. The first-order valence-electron chi connectivity index (χ1n) is 8.19. The van der Waals surface area contributed by atoms with E-state index in [0.717, 1.165) is 22.9 Å². The van der Waals surface area contributed by atoms with E-state index in [1.165, 1.54) is 15.9 Å². The zero-order valence-corrected chi connectivity index (χ0v) is 15.5. The van der Waals surface area contributed by atoms with Gasteiger partial charge < -0.3 is 9.15 Å². The van der Waals surface area contributed by atoms with Crippen LogP contribution in [0, 0.1) is 6.92 Å². The van der Waals surface area contributed by atoms with Gasteiger partial charge in [-0.3, -0.25) is 19.1 Å². The van der Waals surface area contributed by atoms with Crippen molar-refractivity contribution in [1.82, 2.24) is 24.5 Å². The number of furan rings is 1. The van der Waals surface area contributed by atoms with Crippen LogP contribution in [0.1, 0.15) is 23.4 Å². The molecule has 0 aromatic carbocycles. The Morgan fingerprint density at radius 1 is 1.35 bits per heavy atom. The molecule has 0 fully saturated rings. The molecule has 0 saturated heterocycles. The highest BCUT2D eigenvalue weighted by Gasteiger charge is 2.19. The van der Waals surface area contributed by atoms with Crippen molar-refractivity contribution in [1.29, 1.82) is 0 Å². The molecule has 4 rings (SSSR count). The second-order valence-electron chi connectivity index (χ2n) is 6.09. The summed E-state index contributed by atoms with van der Waals surface area (Å²) in [7, 11) is 3.36. The van der Waals surface area contributed by atoms with Gasteiger partial charge in [-0.2, -0.15) is 0 Å². The number of fused-ring (bicyclic) bond motifs is 3. The molecule has 0 bridgehead atoms. The molecule has 4 aromatic rings. The number of hydrogen-bond donors (Lipinski definition) is 1. The molecule has 4 aromatic heterocycles. The molecule has 4 heterocycles. The van der Waals surface area contributed by atoms with E-state index in [4.69, 9.17) is 9.15 Å². The zero-order chi connectivity index (χ0) is 18.3. The van der Waals surface area contributed by atoms with Crippen molar-refractivity contribution in [3.63, 3.8) is 0 Å². The minimum absolute atomic E-state index is 0.0577. The Hall–Kier alpha value is -2.49. The lowest BCUT2D eigenvalue weighted by Gasteiger charge is -2.15. The van der Waals surface area contributed by atoms with Gasteiger partial charge in [0.05, 0.1) is 24.7 Å². The van der Waals surface area contributed by atoms with E-state index < -0.39 is 0 Å². The van der Waals surface area contributed by atoms with E-state index >= 15 is 0 Å². The van der Waals surface area contributed by atoms with Crippen molar-refractivity contribution in [2.45, 2.75) is 19.5 Å². The highest BCUT2D eigenvalue weighted by atomic mass is 32.1. The van der Waals surface area contributed by atoms with E-state index in [1.807, 2.05) is 34.9 Å². The predicted molar refractivity (Wildman–Crippen MR) is 98.5 cm³/mol. The Balaban J connectivity index is 1.70. The van der Waals surface area contributed by atoms with Gasteiger partial charge >= 0.3 is 0 Å².